The van der Waals surface area contributed by atoms with Gasteiger partial charge in [0.15, 0.2) is 5.76 Å². The second-order valence-electron chi connectivity index (χ2n) is 8.09. The summed E-state index contributed by atoms with van der Waals surface area (Å²) in [5.74, 6) is -1.12. The Morgan fingerprint density at radius 3 is 2.41 bits per heavy atom. The van der Waals surface area contributed by atoms with Gasteiger partial charge >= 0.3 is 5.97 Å². The number of anilines is 1. The van der Waals surface area contributed by atoms with E-state index in [0.717, 1.165) is 25.7 Å². The molecule has 1 atom stereocenters. The minimum atomic E-state index is -0.963. The number of hydrogen-bond acceptors (Lipinski definition) is 6. The molecular formula is C26H27N3O5. The number of benzene rings is 1. The number of aromatic nitrogens is 1. The third-order valence-corrected chi connectivity index (χ3v) is 5.84. The molecule has 0 saturated heterocycles. The van der Waals surface area contributed by atoms with E-state index in [1.807, 2.05) is 0 Å². The highest BCUT2D eigenvalue weighted by atomic mass is 16.5. The van der Waals surface area contributed by atoms with Gasteiger partial charge in [-0.25, -0.2) is 4.79 Å². The summed E-state index contributed by atoms with van der Waals surface area (Å²) in [6.07, 6.45) is 8.54. The first kappa shape index (κ1) is 23.2. The predicted octanol–water partition coefficient (Wildman–Crippen LogP) is 4.30. The van der Waals surface area contributed by atoms with E-state index in [2.05, 4.69) is 10.3 Å². The van der Waals surface area contributed by atoms with Crippen LogP contribution in [0.1, 0.15) is 65.1 Å². The van der Waals surface area contributed by atoms with E-state index < -0.39 is 17.9 Å². The van der Waals surface area contributed by atoms with Gasteiger partial charge < -0.3 is 14.5 Å². The van der Waals surface area contributed by atoms with Gasteiger partial charge in [-0.1, -0.05) is 12.8 Å². The molecule has 0 bridgehead atoms. The lowest BCUT2D eigenvalue weighted by Crippen LogP contribution is -2.46. The molecule has 3 aromatic rings. The number of carbonyl (C=O) groups is 3. The molecule has 1 aromatic carbocycles. The lowest BCUT2D eigenvalue weighted by molar-refractivity contribution is -0.123. The van der Waals surface area contributed by atoms with Crippen LogP contribution in [0.3, 0.4) is 0 Å². The lowest BCUT2D eigenvalue weighted by Gasteiger charge is -2.31. The van der Waals surface area contributed by atoms with Gasteiger partial charge in [0.2, 0.25) is 5.91 Å². The summed E-state index contributed by atoms with van der Waals surface area (Å²) in [5.41, 5.74) is 1.41. The molecule has 176 valence electrons. The first-order chi connectivity index (χ1) is 16.6. The fourth-order valence-electron chi connectivity index (χ4n) is 4.19. The van der Waals surface area contributed by atoms with Crippen LogP contribution in [-0.2, 0) is 9.53 Å². The second-order valence-corrected chi connectivity index (χ2v) is 8.09. The Balaban J connectivity index is 1.76. The number of ether oxygens (including phenoxy) is 1. The van der Waals surface area contributed by atoms with Crippen molar-refractivity contribution in [2.75, 3.05) is 11.5 Å². The van der Waals surface area contributed by atoms with Crippen molar-refractivity contribution < 1.29 is 23.5 Å². The number of amides is 2. The minimum absolute atomic E-state index is 0.0728. The van der Waals surface area contributed by atoms with Crippen LogP contribution in [0.5, 0.6) is 0 Å². The van der Waals surface area contributed by atoms with E-state index in [4.69, 9.17) is 9.15 Å². The molecule has 8 nitrogen and oxygen atoms in total. The van der Waals surface area contributed by atoms with E-state index in [1.54, 1.807) is 67.8 Å². The molecule has 2 aromatic heterocycles. The Kier molecular flexibility index (Phi) is 7.37. The zero-order valence-corrected chi connectivity index (χ0v) is 19.0. The summed E-state index contributed by atoms with van der Waals surface area (Å²) in [5, 5.41) is 3.12. The molecule has 0 aliphatic heterocycles. The molecule has 8 heteroatoms. The molecule has 34 heavy (non-hydrogen) atoms. The summed E-state index contributed by atoms with van der Waals surface area (Å²) in [4.78, 5) is 44.8. The van der Waals surface area contributed by atoms with E-state index in [1.165, 1.54) is 11.2 Å². The number of carbonyl (C=O) groups excluding carboxylic acids is 3. The second kappa shape index (κ2) is 10.8. The van der Waals surface area contributed by atoms with Gasteiger partial charge in [0.05, 0.1) is 18.4 Å². The van der Waals surface area contributed by atoms with Gasteiger partial charge in [-0.05, 0) is 73.9 Å². The van der Waals surface area contributed by atoms with Crippen LogP contribution in [-0.4, -0.2) is 35.4 Å². The van der Waals surface area contributed by atoms with Crippen molar-refractivity contribution >= 4 is 23.5 Å². The standard InChI is InChI=1S/C26H27N3O5/c1-2-33-26(32)19-9-11-21(12-10-19)29(25(31)22-8-5-17-34-22)23(18-13-15-27-16-14-18)24(30)28-20-6-3-4-7-20/h5,8-17,20,23H,2-4,6-7H2,1H3,(H,28,30)/t23-/m1/s1. The molecule has 0 spiro atoms. The largest absolute Gasteiger partial charge is 0.462 e. The number of nitrogens with one attached hydrogen (secondary N) is 1. The number of rotatable bonds is 8. The Bertz CT molecular complexity index is 1110. The Labute approximate surface area is 197 Å². The number of pyridine rings is 1. The smallest absolute Gasteiger partial charge is 0.338 e. The Hall–Kier alpha value is -3.94. The zero-order valence-electron chi connectivity index (χ0n) is 19.0. The first-order valence-corrected chi connectivity index (χ1v) is 11.4. The molecule has 0 radical (unpaired) electrons. The molecule has 2 heterocycles. The normalized spacial score (nSPS) is 14.4. The molecule has 4 rings (SSSR count). The highest BCUT2D eigenvalue weighted by Crippen LogP contribution is 2.31. The maximum atomic E-state index is 13.6. The Morgan fingerprint density at radius 1 is 1.09 bits per heavy atom. The van der Waals surface area contributed by atoms with Crippen molar-refractivity contribution in [1.82, 2.24) is 10.3 Å². The van der Waals surface area contributed by atoms with Crippen molar-refractivity contribution in [2.45, 2.75) is 44.7 Å². The van der Waals surface area contributed by atoms with Crippen LogP contribution in [0.25, 0.3) is 0 Å². The summed E-state index contributed by atoms with van der Waals surface area (Å²) < 4.78 is 10.4. The van der Waals surface area contributed by atoms with Crippen LogP contribution in [0.4, 0.5) is 5.69 Å². The highest BCUT2D eigenvalue weighted by molar-refractivity contribution is 6.09. The topological polar surface area (TPSA) is 102 Å². The van der Waals surface area contributed by atoms with Crippen LogP contribution in [0.15, 0.2) is 71.6 Å². The maximum absolute atomic E-state index is 13.6. The fraction of sp³-hybridized carbons (Fsp3) is 0.308. The molecule has 1 fully saturated rings. The zero-order chi connectivity index (χ0) is 23.9. The maximum Gasteiger partial charge on any atom is 0.338 e. The van der Waals surface area contributed by atoms with Crippen molar-refractivity contribution in [1.29, 1.82) is 0 Å². The van der Waals surface area contributed by atoms with E-state index >= 15 is 0 Å². The molecule has 1 aliphatic rings. The molecule has 1 saturated carbocycles. The van der Waals surface area contributed by atoms with Gasteiger partial charge in [-0.15, -0.1) is 0 Å². The van der Waals surface area contributed by atoms with Gasteiger partial charge in [0, 0.05) is 24.1 Å². The summed E-state index contributed by atoms with van der Waals surface area (Å²) in [7, 11) is 0. The van der Waals surface area contributed by atoms with Crippen molar-refractivity contribution in [2.24, 2.45) is 0 Å². The van der Waals surface area contributed by atoms with E-state index in [9.17, 15) is 14.4 Å². The molecule has 0 unspecified atom stereocenters. The highest BCUT2D eigenvalue weighted by Gasteiger charge is 2.35. The van der Waals surface area contributed by atoms with Gasteiger partial charge in [0.25, 0.3) is 5.91 Å². The summed E-state index contributed by atoms with van der Waals surface area (Å²) in [6, 6.07) is 12.1. The molecule has 1 N–H and O–H groups in total. The molecule has 1 aliphatic carbocycles. The van der Waals surface area contributed by atoms with Crippen LogP contribution in [0, 0.1) is 0 Å². The molecule has 2 amide bonds. The van der Waals surface area contributed by atoms with Gasteiger partial charge in [-0.3, -0.25) is 19.5 Å². The monoisotopic (exact) mass is 461 g/mol. The predicted molar refractivity (Wildman–Crippen MR) is 125 cm³/mol. The van der Waals surface area contributed by atoms with Crippen LogP contribution in [0.2, 0.25) is 0 Å². The SMILES string of the molecule is CCOC(=O)c1ccc(N(C(=O)c2ccco2)[C@@H](C(=O)NC2CCCC2)c2ccncc2)cc1. The van der Waals surface area contributed by atoms with Crippen molar-refractivity contribution in [3.63, 3.8) is 0 Å². The lowest BCUT2D eigenvalue weighted by atomic mass is 10.0. The summed E-state index contributed by atoms with van der Waals surface area (Å²) >= 11 is 0. The van der Waals surface area contributed by atoms with E-state index in [-0.39, 0.29) is 24.3 Å². The number of hydrogen-bond donors (Lipinski definition) is 1. The number of esters is 1. The van der Waals surface area contributed by atoms with E-state index in [0.29, 0.717) is 16.8 Å². The fourth-order valence-corrected chi connectivity index (χ4v) is 4.19. The third kappa shape index (κ3) is 5.17. The van der Waals surface area contributed by atoms with Gasteiger partial charge in [0.1, 0.15) is 6.04 Å². The summed E-state index contributed by atoms with van der Waals surface area (Å²) in [6.45, 7) is 1.99. The van der Waals surface area contributed by atoms with Crippen molar-refractivity contribution in [3.8, 4) is 0 Å². The number of nitrogens with zero attached hydrogens (tertiary/aromatic N) is 2. The quantitative estimate of drug-likeness (QED) is 0.502. The molecular weight excluding hydrogens is 434 g/mol. The number of furan rings is 1. The average Bonchev–Trinajstić information content (AvgIpc) is 3.57. The third-order valence-electron chi connectivity index (χ3n) is 5.84. The average molecular weight is 462 g/mol. The van der Waals surface area contributed by atoms with Crippen LogP contribution >= 0.6 is 0 Å². The minimum Gasteiger partial charge on any atom is -0.462 e. The van der Waals surface area contributed by atoms with Gasteiger partial charge in [-0.2, -0.15) is 0 Å². The first-order valence-electron chi connectivity index (χ1n) is 11.4. The van der Waals surface area contributed by atoms with Crippen LogP contribution < -0.4 is 10.2 Å². The van der Waals surface area contributed by atoms with Crippen molar-refractivity contribution in [3.05, 3.63) is 84.1 Å². The Morgan fingerprint density at radius 2 is 1.79 bits per heavy atom.